The molecule has 2 aromatic rings. The summed E-state index contributed by atoms with van der Waals surface area (Å²) in [4.78, 5) is 28.5. The molecule has 0 saturated heterocycles. The predicted octanol–water partition coefficient (Wildman–Crippen LogP) is 3.55. The van der Waals surface area contributed by atoms with Gasteiger partial charge in [0.25, 0.3) is 5.91 Å². The molecule has 0 spiro atoms. The molecular weight excluding hydrogens is 558 g/mol. The molecule has 3 rings (SSSR count). The summed E-state index contributed by atoms with van der Waals surface area (Å²) in [6.07, 6.45) is 3.02. The lowest BCUT2D eigenvalue weighted by Gasteiger charge is -2.35. The highest BCUT2D eigenvalue weighted by Crippen LogP contribution is 2.28. The van der Waals surface area contributed by atoms with E-state index in [4.69, 9.17) is 9.47 Å². The Balaban J connectivity index is 1.95. The van der Waals surface area contributed by atoms with Crippen molar-refractivity contribution in [3.8, 4) is 5.75 Å². The van der Waals surface area contributed by atoms with Gasteiger partial charge in [-0.15, -0.1) is 0 Å². The highest BCUT2D eigenvalue weighted by molar-refractivity contribution is 7.88. The molecule has 1 aliphatic rings. The third-order valence-corrected chi connectivity index (χ3v) is 8.83. The minimum Gasteiger partial charge on any atom is -0.490 e. The van der Waals surface area contributed by atoms with E-state index in [0.717, 1.165) is 31.1 Å². The molecule has 0 bridgehead atoms. The second kappa shape index (κ2) is 15.5. The van der Waals surface area contributed by atoms with Crippen molar-refractivity contribution < 1.29 is 32.6 Å². The van der Waals surface area contributed by atoms with Crippen molar-refractivity contribution >= 4 is 27.5 Å². The van der Waals surface area contributed by atoms with Gasteiger partial charge in [0.15, 0.2) is 0 Å². The lowest BCUT2D eigenvalue weighted by atomic mass is 10.0. The van der Waals surface area contributed by atoms with Crippen molar-refractivity contribution in [1.82, 2.24) is 9.21 Å². The summed E-state index contributed by atoms with van der Waals surface area (Å²) in [5.74, 6) is -0.435. The summed E-state index contributed by atoms with van der Waals surface area (Å²) in [6, 6.07) is 13.9. The molecule has 42 heavy (non-hydrogen) atoms. The zero-order valence-electron chi connectivity index (χ0n) is 25.3. The Morgan fingerprint density at radius 3 is 2.55 bits per heavy atom. The average molecular weight is 604 g/mol. The maximum atomic E-state index is 14.2. The molecule has 0 aliphatic carbocycles. The summed E-state index contributed by atoms with van der Waals surface area (Å²) in [5.41, 5.74) is 1.60. The summed E-state index contributed by atoms with van der Waals surface area (Å²) < 4.78 is 38.0. The van der Waals surface area contributed by atoms with Crippen LogP contribution < -0.4 is 10.1 Å². The van der Waals surface area contributed by atoms with Gasteiger partial charge in [0.05, 0.1) is 43.1 Å². The van der Waals surface area contributed by atoms with E-state index in [1.807, 2.05) is 44.2 Å². The monoisotopic (exact) mass is 603 g/mol. The largest absolute Gasteiger partial charge is 0.490 e. The van der Waals surface area contributed by atoms with Gasteiger partial charge in [-0.2, -0.15) is 0 Å². The van der Waals surface area contributed by atoms with Crippen molar-refractivity contribution in [3.63, 3.8) is 0 Å². The van der Waals surface area contributed by atoms with E-state index < -0.39 is 22.2 Å². The third kappa shape index (κ3) is 9.79. The molecule has 2 amide bonds. The lowest BCUT2D eigenvalue weighted by Crippen LogP contribution is -2.47. The number of carbonyl (C=O) groups excluding carboxylic acids is 2. The standard InChI is InChI=1S/C31H45N3O7S/c1-22-19-34(23(2)21-35)31(37)27-18-26(32-30(36)17-25-12-7-6-8-13-25)14-15-28(27)41-24(3)11-9-10-16-40-29(22)20-33(4)42(5,38)39/h6-8,12-15,18,22-24,29,35H,9-11,16-17,19-21H2,1-5H3,(H,32,36)/t22-,23+,24-,29-/m1/s1. The number of nitrogens with zero attached hydrogens (tertiary/aromatic N) is 2. The highest BCUT2D eigenvalue weighted by atomic mass is 32.2. The Morgan fingerprint density at radius 1 is 1.17 bits per heavy atom. The summed E-state index contributed by atoms with van der Waals surface area (Å²) in [6.45, 7) is 6.14. The molecule has 1 aliphatic heterocycles. The third-order valence-electron chi connectivity index (χ3n) is 7.55. The number of carbonyl (C=O) groups is 2. The number of hydrogen-bond acceptors (Lipinski definition) is 7. The van der Waals surface area contributed by atoms with Crippen LogP contribution in [0.3, 0.4) is 0 Å². The maximum absolute atomic E-state index is 14.2. The zero-order valence-corrected chi connectivity index (χ0v) is 26.1. The highest BCUT2D eigenvalue weighted by Gasteiger charge is 2.31. The van der Waals surface area contributed by atoms with Gasteiger partial charge in [0, 0.05) is 38.3 Å². The molecule has 1 heterocycles. The van der Waals surface area contributed by atoms with Crippen molar-refractivity contribution in [2.75, 3.05) is 44.9 Å². The van der Waals surface area contributed by atoms with Gasteiger partial charge >= 0.3 is 0 Å². The quantitative estimate of drug-likeness (QED) is 0.473. The fourth-order valence-corrected chi connectivity index (χ4v) is 5.26. The minimum atomic E-state index is -3.43. The number of nitrogens with one attached hydrogen (secondary N) is 1. The topological polar surface area (TPSA) is 125 Å². The van der Waals surface area contributed by atoms with E-state index in [1.54, 1.807) is 30.0 Å². The van der Waals surface area contributed by atoms with E-state index >= 15 is 0 Å². The average Bonchev–Trinajstić information content (AvgIpc) is 2.94. The van der Waals surface area contributed by atoms with Gasteiger partial charge in [-0.3, -0.25) is 9.59 Å². The van der Waals surface area contributed by atoms with E-state index in [1.165, 1.54) is 11.4 Å². The van der Waals surface area contributed by atoms with Crippen molar-refractivity contribution in [3.05, 3.63) is 59.7 Å². The molecule has 0 aromatic heterocycles. The molecule has 0 fully saturated rings. The number of rotatable bonds is 8. The molecule has 11 heteroatoms. The second-order valence-electron chi connectivity index (χ2n) is 11.3. The maximum Gasteiger partial charge on any atom is 0.258 e. The molecular formula is C31H45N3O7S. The van der Waals surface area contributed by atoms with Crippen molar-refractivity contribution in [2.24, 2.45) is 5.92 Å². The predicted molar refractivity (Wildman–Crippen MR) is 163 cm³/mol. The first-order valence-corrected chi connectivity index (χ1v) is 16.3. The molecule has 0 radical (unpaired) electrons. The van der Waals surface area contributed by atoms with Gasteiger partial charge in [-0.25, -0.2) is 12.7 Å². The van der Waals surface area contributed by atoms with E-state index in [9.17, 15) is 23.1 Å². The van der Waals surface area contributed by atoms with E-state index in [-0.39, 0.29) is 55.5 Å². The van der Waals surface area contributed by atoms with Gasteiger partial charge in [0.1, 0.15) is 5.75 Å². The Labute approximate surface area is 250 Å². The number of aliphatic hydroxyl groups excluding tert-OH is 1. The summed E-state index contributed by atoms with van der Waals surface area (Å²) in [5, 5.41) is 13.0. The van der Waals surface area contributed by atoms with Gasteiger partial charge < -0.3 is 24.8 Å². The van der Waals surface area contributed by atoms with Crippen LogP contribution in [-0.4, -0.2) is 92.4 Å². The van der Waals surface area contributed by atoms with Gasteiger partial charge in [0.2, 0.25) is 15.9 Å². The molecule has 2 N–H and O–H groups in total. The van der Waals surface area contributed by atoms with Crippen LogP contribution in [0.15, 0.2) is 48.5 Å². The second-order valence-corrected chi connectivity index (χ2v) is 13.4. The van der Waals surface area contributed by atoms with E-state index in [2.05, 4.69) is 5.32 Å². The fraction of sp³-hybridized carbons (Fsp3) is 0.548. The van der Waals surface area contributed by atoms with Crippen LogP contribution in [-0.2, 0) is 26.0 Å². The smallest absolute Gasteiger partial charge is 0.258 e. The van der Waals surface area contributed by atoms with Crippen molar-refractivity contribution in [2.45, 2.75) is 64.7 Å². The first kappa shape index (κ1) is 33.5. The number of fused-ring (bicyclic) bond motifs is 1. The normalized spacial score (nSPS) is 21.6. The molecule has 0 unspecified atom stereocenters. The van der Waals surface area contributed by atoms with Crippen LogP contribution in [0, 0.1) is 5.92 Å². The number of anilines is 1. The van der Waals surface area contributed by atoms with Gasteiger partial charge in [-0.1, -0.05) is 37.3 Å². The number of hydrogen-bond donors (Lipinski definition) is 2. The first-order chi connectivity index (χ1) is 19.9. The summed E-state index contributed by atoms with van der Waals surface area (Å²) >= 11 is 0. The van der Waals surface area contributed by atoms with Crippen LogP contribution >= 0.6 is 0 Å². The minimum absolute atomic E-state index is 0.142. The van der Waals surface area contributed by atoms with Crippen LogP contribution in [0.1, 0.15) is 56.0 Å². The zero-order chi connectivity index (χ0) is 30.9. The molecule has 0 saturated carbocycles. The summed E-state index contributed by atoms with van der Waals surface area (Å²) in [7, 11) is -1.92. The lowest BCUT2D eigenvalue weighted by molar-refractivity contribution is -0.115. The van der Waals surface area contributed by atoms with Crippen LogP contribution in [0.5, 0.6) is 5.75 Å². The Hall–Kier alpha value is -2.99. The van der Waals surface area contributed by atoms with Crippen LogP contribution in [0.2, 0.25) is 0 Å². The van der Waals surface area contributed by atoms with E-state index in [0.29, 0.717) is 18.0 Å². The number of aliphatic hydroxyl groups is 1. The number of sulfonamides is 1. The number of amides is 2. The molecule has 4 atom stereocenters. The fourth-order valence-electron chi connectivity index (χ4n) is 4.84. The Morgan fingerprint density at radius 2 is 1.88 bits per heavy atom. The molecule has 2 aromatic carbocycles. The molecule has 10 nitrogen and oxygen atoms in total. The van der Waals surface area contributed by atoms with Gasteiger partial charge in [-0.05, 0) is 56.9 Å². The number of benzene rings is 2. The SMILES string of the molecule is C[C@@H]1CCCCO[C@H](CN(C)S(C)(=O)=O)[C@H](C)CN([C@@H](C)CO)C(=O)c2cc(NC(=O)Cc3ccccc3)ccc2O1. The van der Waals surface area contributed by atoms with Crippen LogP contribution in [0.25, 0.3) is 0 Å². The first-order valence-electron chi connectivity index (χ1n) is 14.5. The number of likely N-dealkylation sites (N-methyl/N-ethyl adjacent to an activating group) is 1. The van der Waals surface area contributed by atoms with Crippen LogP contribution in [0.4, 0.5) is 5.69 Å². The Bertz CT molecular complexity index is 1290. The Kier molecular flexibility index (Phi) is 12.3. The number of ether oxygens (including phenoxy) is 2. The van der Waals surface area contributed by atoms with Crippen molar-refractivity contribution in [1.29, 1.82) is 0 Å². The molecule has 232 valence electrons.